The number of alkyl halides is 3. The van der Waals surface area contributed by atoms with Gasteiger partial charge in [0.1, 0.15) is 5.75 Å². The average Bonchev–Trinajstić information content (AvgIpc) is 2.24. The first kappa shape index (κ1) is 14.6. The van der Waals surface area contributed by atoms with Gasteiger partial charge in [-0.05, 0) is 24.3 Å². The van der Waals surface area contributed by atoms with Crippen LogP contribution in [0.5, 0.6) is 5.75 Å². The van der Waals surface area contributed by atoms with Crippen molar-refractivity contribution in [2.45, 2.75) is 6.36 Å². The Hall–Kier alpha value is -1.50. The molecule has 0 heterocycles. The Bertz CT molecular complexity index is 443. The number of carbonyl (C=O) groups is 1. The van der Waals surface area contributed by atoms with Gasteiger partial charge in [-0.25, -0.2) is 0 Å². The van der Waals surface area contributed by atoms with Crippen molar-refractivity contribution < 1.29 is 22.7 Å². The van der Waals surface area contributed by atoms with Crippen molar-refractivity contribution in [2.24, 2.45) is 0 Å². The summed E-state index contributed by atoms with van der Waals surface area (Å²) in [6, 6.07) is 4.64. The molecule has 0 aliphatic heterocycles. The highest BCUT2D eigenvalue weighted by molar-refractivity contribution is 9.11. The lowest BCUT2D eigenvalue weighted by molar-refractivity contribution is -0.274. The normalized spacial score (nSPS) is 10.9. The minimum Gasteiger partial charge on any atom is -0.406 e. The highest BCUT2D eigenvalue weighted by Gasteiger charge is 2.31. The van der Waals surface area contributed by atoms with E-state index in [1.165, 1.54) is 12.1 Å². The molecule has 3 nitrogen and oxygen atoms in total. The molecule has 0 aliphatic rings. The third kappa shape index (κ3) is 5.22. The second kappa shape index (κ2) is 5.90. The summed E-state index contributed by atoms with van der Waals surface area (Å²) in [7, 11) is 0. The first-order valence-corrected chi connectivity index (χ1v) is 5.54. The number of benzene rings is 1. The van der Waals surface area contributed by atoms with E-state index in [-0.39, 0.29) is 17.9 Å². The average molecular weight is 324 g/mol. The van der Waals surface area contributed by atoms with Gasteiger partial charge in [-0.15, -0.1) is 13.2 Å². The van der Waals surface area contributed by atoms with Crippen molar-refractivity contribution >= 4 is 21.8 Å². The molecule has 1 rings (SSSR count). The molecule has 0 radical (unpaired) electrons. The number of carbonyl (C=O) groups excluding carboxylic acids is 1. The SMILES string of the molecule is C=C(Br)CNC(=O)c1ccc(OC(F)(F)F)cc1. The molecule has 0 fully saturated rings. The van der Waals surface area contributed by atoms with Crippen molar-refractivity contribution in [3.63, 3.8) is 0 Å². The van der Waals surface area contributed by atoms with Gasteiger partial charge in [-0.1, -0.05) is 22.5 Å². The van der Waals surface area contributed by atoms with E-state index in [9.17, 15) is 18.0 Å². The maximum atomic E-state index is 11.9. The van der Waals surface area contributed by atoms with E-state index in [1.807, 2.05) is 0 Å². The number of amides is 1. The van der Waals surface area contributed by atoms with E-state index in [0.717, 1.165) is 12.1 Å². The van der Waals surface area contributed by atoms with Gasteiger partial charge < -0.3 is 10.1 Å². The van der Waals surface area contributed by atoms with Crippen LogP contribution in [0.25, 0.3) is 0 Å². The lowest BCUT2D eigenvalue weighted by Crippen LogP contribution is -2.24. The van der Waals surface area contributed by atoms with E-state index in [1.54, 1.807) is 0 Å². The fourth-order valence-corrected chi connectivity index (χ4v) is 1.23. The third-order valence-electron chi connectivity index (χ3n) is 1.79. The molecule has 0 saturated carbocycles. The molecule has 0 unspecified atom stereocenters. The van der Waals surface area contributed by atoms with Crippen LogP contribution in [0.1, 0.15) is 10.4 Å². The zero-order chi connectivity index (χ0) is 13.8. The molecule has 18 heavy (non-hydrogen) atoms. The van der Waals surface area contributed by atoms with Gasteiger partial charge in [0, 0.05) is 16.6 Å². The number of rotatable bonds is 4. The second-order valence-corrected chi connectivity index (χ2v) is 4.39. The maximum Gasteiger partial charge on any atom is 0.573 e. The van der Waals surface area contributed by atoms with Gasteiger partial charge >= 0.3 is 6.36 Å². The van der Waals surface area contributed by atoms with Crippen LogP contribution in [0.4, 0.5) is 13.2 Å². The molecule has 98 valence electrons. The molecule has 0 atom stereocenters. The first-order valence-electron chi connectivity index (χ1n) is 4.75. The van der Waals surface area contributed by atoms with Crippen molar-refractivity contribution in [1.82, 2.24) is 5.32 Å². The van der Waals surface area contributed by atoms with Gasteiger partial charge in [0.05, 0.1) is 0 Å². The number of hydrogen-bond donors (Lipinski definition) is 1. The molecule has 0 aromatic heterocycles. The smallest absolute Gasteiger partial charge is 0.406 e. The predicted octanol–water partition coefficient (Wildman–Crippen LogP) is 3.22. The van der Waals surface area contributed by atoms with E-state index in [2.05, 4.69) is 32.6 Å². The Kier molecular flexibility index (Phi) is 4.77. The molecular weight excluding hydrogens is 315 g/mol. The van der Waals surface area contributed by atoms with Crippen molar-refractivity contribution in [3.05, 3.63) is 40.9 Å². The summed E-state index contributed by atoms with van der Waals surface area (Å²) in [5.41, 5.74) is 0.235. The van der Waals surface area contributed by atoms with E-state index in [4.69, 9.17) is 0 Å². The van der Waals surface area contributed by atoms with Crippen LogP contribution in [0.3, 0.4) is 0 Å². The monoisotopic (exact) mass is 323 g/mol. The first-order chi connectivity index (χ1) is 8.28. The second-order valence-electron chi connectivity index (χ2n) is 3.27. The van der Waals surface area contributed by atoms with Gasteiger partial charge in [0.15, 0.2) is 0 Å². The highest BCUT2D eigenvalue weighted by atomic mass is 79.9. The minimum absolute atomic E-state index is 0.235. The van der Waals surface area contributed by atoms with Crippen LogP contribution in [0.2, 0.25) is 0 Å². The van der Waals surface area contributed by atoms with Crippen LogP contribution in [0, 0.1) is 0 Å². The molecule has 1 amide bonds. The summed E-state index contributed by atoms with van der Waals surface area (Å²) >= 11 is 3.07. The third-order valence-corrected chi connectivity index (χ3v) is 2.07. The quantitative estimate of drug-likeness (QED) is 0.923. The molecule has 1 N–H and O–H groups in total. The van der Waals surface area contributed by atoms with E-state index < -0.39 is 12.3 Å². The Labute approximate surface area is 110 Å². The summed E-state index contributed by atoms with van der Waals surface area (Å²) in [6.45, 7) is 3.77. The van der Waals surface area contributed by atoms with Crippen molar-refractivity contribution in [1.29, 1.82) is 0 Å². The van der Waals surface area contributed by atoms with Crippen molar-refractivity contribution in [3.8, 4) is 5.75 Å². The Morgan fingerprint density at radius 3 is 2.33 bits per heavy atom. The number of halogens is 4. The maximum absolute atomic E-state index is 11.9. The minimum atomic E-state index is -4.74. The van der Waals surface area contributed by atoms with Crippen LogP contribution < -0.4 is 10.1 Å². The summed E-state index contributed by atoms with van der Waals surface area (Å²) < 4.78 is 40.0. The summed E-state index contributed by atoms with van der Waals surface area (Å²) in [5.74, 6) is -0.780. The van der Waals surface area contributed by atoms with E-state index in [0.29, 0.717) is 4.48 Å². The molecule has 1 aromatic carbocycles. The molecule has 0 aliphatic carbocycles. The van der Waals surface area contributed by atoms with Crippen LogP contribution in [-0.2, 0) is 0 Å². The lowest BCUT2D eigenvalue weighted by Gasteiger charge is -2.09. The largest absolute Gasteiger partial charge is 0.573 e. The predicted molar refractivity (Wildman–Crippen MR) is 63.5 cm³/mol. The van der Waals surface area contributed by atoms with Crippen LogP contribution in [-0.4, -0.2) is 18.8 Å². The number of ether oxygens (including phenoxy) is 1. The van der Waals surface area contributed by atoms with Crippen molar-refractivity contribution in [2.75, 3.05) is 6.54 Å². The molecular formula is C11H9BrF3NO2. The molecule has 0 saturated heterocycles. The summed E-state index contributed by atoms with van der Waals surface area (Å²) in [4.78, 5) is 11.5. The summed E-state index contributed by atoms with van der Waals surface area (Å²) in [6.07, 6.45) is -4.74. The fraction of sp³-hybridized carbons (Fsp3) is 0.182. The van der Waals surface area contributed by atoms with Gasteiger partial charge in [0.25, 0.3) is 5.91 Å². The molecule has 0 spiro atoms. The standard InChI is InChI=1S/C11H9BrF3NO2/c1-7(12)6-16-10(17)8-2-4-9(5-3-8)18-11(13,14)15/h2-5H,1,6H2,(H,16,17). The van der Waals surface area contributed by atoms with Crippen LogP contribution in [0.15, 0.2) is 35.3 Å². The topological polar surface area (TPSA) is 38.3 Å². The summed E-state index contributed by atoms with van der Waals surface area (Å²) in [5, 5.41) is 2.52. The zero-order valence-corrected chi connectivity index (χ0v) is 10.6. The highest BCUT2D eigenvalue weighted by Crippen LogP contribution is 2.22. The van der Waals surface area contributed by atoms with E-state index >= 15 is 0 Å². The molecule has 0 bridgehead atoms. The van der Waals surface area contributed by atoms with Gasteiger partial charge in [-0.3, -0.25) is 4.79 Å². The fourth-order valence-electron chi connectivity index (χ4n) is 1.09. The zero-order valence-electron chi connectivity index (χ0n) is 9.05. The van der Waals surface area contributed by atoms with Crippen LogP contribution >= 0.6 is 15.9 Å². The number of nitrogens with one attached hydrogen (secondary N) is 1. The van der Waals surface area contributed by atoms with Gasteiger partial charge in [-0.2, -0.15) is 0 Å². The van der Waals surface area contributed by atoms with Gasteiger partial charge in [0.2, 0.25) is 0 Å². The Balaban J connectivity index is 2.65. The Morgan fingerprint density at radius 2 is 1.89 bits per heavy atom. The Morgan fingerprint density at radius 1 is 1.33 bits per heavy atom. The molecule has 1 aromatic rings. The lowest BCUT2D eigenvalue weighted by atomic mass is 10.2. The number of hydrogen-bond acceptors (Lipinski definition) is 2. The molecule has 7 heteroatoms.